The Bertz CT molecular complexity index is 673. The minimum absolute atomic E-state index is 0.0406. The van der Waals surface area contributed by atoms with E-state index in [-0.39, 0.29) is 29.7 Å². The molecule has 1 atom stereocenters. The molecular weight excluding hydrogens is 304 g/mol. The number of carbonyl (C=O) groups excluding carboxylic acids is 1. The van der Waals surface area contributed by atoms with Crippen LogP contribution in [0.15, 0.2) is 29.2 Å². The van der Waals surface area contributed by atoms with Crippen LogP contribution in [-0.4, -0.2) is 40.1 Å². The summed E-state index contributed by atoms with van der Waals surface area (Å²) in [7, 11) is -3.67. The monoisotopic (exact) mass is 322 g/mol. The van der Waals surface area contributed by atoms with Crippen molar-refractivity contribution in [3.63, 3.8) is 0 Å². The summed E-state index contributed by atoms with van der Waals surface area (Å²) in [5.74, 6) is 1.88. The second kappa shape index (κ2) is 7.40. The van der Waals surface area contributed by atoms with Crippen LogP contribution >= 0.6 is 0 Å². The van der Waals surface area contributed by atoms with E-state index in [1.807, 2.05) is 0 Å². The highest BCUT2D eigenvalue weighted by atomic mass is 32.2. The number of rotatable bonds is 6. The van der Waals surface area contributed by atoms with Crippen LogP contribution in [0.4, 0.5) is 0 Å². The topological polar surface area (TPSA) is 84.5 Å². The Labute approximate surface area is 130 Å². The Hall–Kier alpha value is -1.88. The Kier molecular flexibility index (Phi) is 5.55. The van der Waals surface area contributed by atoms with Crippen LogP contribution in [-0.2, 0) is 14.8 Å². The minimum Gasteiger partial charge on any atom is -0.377 e. The van der Waals surface area contributed by atoms with E-state index in [9.17, 15) is 13.2 Å². The summed E-state index contributed by atoms with van der Waals surface area (Å²) in [4.78, 5) is 11.8. The van der Waals surface area contributed by atoms with Crippen molar-refractivity contribution in [2.24, 2.45) is 0 Å². The van der Waals surface area contributed by atoms with Crippen LogP contribution < -0.4 is 10.0 Å². The molecule has 1 aliphatic heterocycles. The van der Waals surface area contributed by atoms with E-state index >= 15 is 0 Å². The number of benzene rings is 1. The SMILES string of the molecule is C#CCNC(=O)c1cccc(S(=O)(=O)NC[C@H]2CCCO2)c1. The lowest BCUT2D eigenvalue weighted by molar-refractivity contribution is 0.0958. The summed E-state index contributed by atoms with van der Waals surface area (Å²) < 4.78 is 32.4. The number of nitrogens with one attached hydrogen (secondary N) is 2. The number of amides is 1. The first kappa shape index (κ1) is 16.5. The fourth-order valence-electron chi connectivity index (χ4n) is 2.13. The van der Waals surface area contributed by atoms with Gasteiger partial charge in [-0.05, 0) is 31.0 Å². The van der Waals surface area contributed by atoms with Gasteiger partial charge in [-0.15, -0.1) is 6.42 Å². The molecule has 0 bridgehead atoms. The third kappa shape index (κ3) is 4.31. The summed E-state index contributed by atoms with van der Waals surface area (Å²) in [6.45, 7) is 0.986. The molecule has 0 saturated carbocycles. The quantitative estimate of drug-likeness (QED) is 0.747. The molecule has 1 aliphatic rings. The van der Waals surface area contributed by atoms with E-state index in [1.54, 1.807) is 0 Å². The first-order valence-electron chi connectivity index (χ1n) is 6.96. The minimum atomic E-state index is -3.67. The van der Waals surface area contributed by atoms with E-state index in [1.165, 1.54) is 24.3 Å². The summed E-state index contributed by atoms with van der Waals surface area (Å²) in [6, 6.07) is 5.82. The smallest absolute Gasteiger partial charge is 0.252 e. The molecule has 1 aromatic carbocycles. The van der Waals surface area contributed by atoms with Crippen molar-refractivity contribution in [3.05, 3.63) is 29.8 Å². The van der Waals surface area contributed by atoms with Gasteiger partial charge in [-0.2, -0.15) is 0 Å². The highest BCUT2D eigenvalue weighted by Gasteiger charge is 2.21. The maximum absolute atomic E-state index is 12.2. The average molecular weight is 322 g/mol. The van der Waals surface area contributed by atoms with Gasteiger partial charge in [0, 0.05) is 18.7 Å². The Morgan fingerprint density at radius 2 is 2.27 bits per heavy atom. The van der Waals surface area contributed by atoms with E-state index in [0.29, 0.717) is 6.61 Å². The average Bonchev–Trinajstić information content (AvgIpc) is 3.04. The summed E-state index contributed by atoms with van der Waals surface area (Å²) >= 11 is 0. The summed E-state index contributed by atoms with van der Waals surface area (Å²) in [5.41, 5.74) is 0.246. The molecule has 0 aliphatic carbocycles. The van der Waals surface area contributed by atoms with Gasteiger partial charge in [0.15, 0.2) is 0 Å². The lowest BCUT2D eigenvalue weighted by atomic mass is 10.2. The molecule has 6 nitrogen and oxygen atoms in total. The van der Waals surface area contributed by atoms with Crippen molar-refractivity contribution in [2.75, 3.05) is 19.7 Å². The number of ether oxygens (including phenoxy) is 1. The molecule has 1 aromatic rings. The first-order valence-corrected chi connectivity index (χ1v) is 8.44. The summed E-state index contributed by atoms with van der Waals surface area (Å²) in [5, 5.41) is 2.49. The maximum atomic E-state index is 12.2. The van der Waals surface area contributed by atoms with Crippen LogP contribution in [0.3, 0.4) is 0 Å². The molecule has 0 radical (unpaired) electrons. The van der Waals surface area contributed by atoms with Crippen molar-refractivity contribution >= 4 is 15.9 Å². The molecule has 2 rings (SSSR count). The zero-order chi connectivity index (χ0) is 16.0. The second-order valence-corrected chi connectivity index (χ2v) is 6.67. The molecule has 1 saturated heterocycles. The van der Waals surface area contributed by atoms with Crippen molar-refractivity contribution < 1.29 is 17.9 Å². The largest absolute Gasteiger partial charge is 0.377 e. The molecule has 2 N–H and O–H groups in total. The number of hydrogen-bond acceptors (Lipinski definition) is 4. The normalized spacial score (nSPS) is 17.9. The van der Waals surface area contributed by atoms with Gasteiger partial charge in [-0.1, -0.05) is 12.0 Å². The molecular formula is C15H18N2O4S. The molecule has 0 spiro atoms. The van der Waals surface area contributed by atoms with Gasteiger partial charge >= 0.3 is 0 Å². The predicted molar refractivity (Wildman–Crippen MR) is 81.8 cm³/mol. The van der Waals surface area contributed by atoms with Crippen molar-refractivity contribution in [1.82, 2.24) is 10.0 Å². The fraction of sp³-hybridized carbons (Fsp3) is 0.400. The van der Waals surface area contributed by atoms with Gasteiger partial charge in [-0.3, -0.25) is 4.79 Å². The Morgan fingerprint density at radius 3 is 2.95 bits per heavy atom. The van der Waals surface area contributed by atoms with Gasteiger partial charge < -0.3 is 10.1 Å². The molecule has 1 amide bonds. The van der Waals surface area contributed by atoms with Crippen molar-refractivity contribution in [3.8, 4) is 12.3 Å². The number of terminal acetylenes is 1. The first-order chi connectivity index (χ1) is 10.5. The predicted octanol–water partition coefficient (Wildman–Crippen LogP) is 0.507. The van der Waals surface area contributed by atoms with E-state index in [0.717, 1.165) is 12.8 Å². The molecule has 1 heterocycles. The Morgan fingerprint density at radius 1 is 1.45 bits per heavy atom. The van der Waals surface area contributed by atoms with Gasteiger partial charge in [-0.25, -0.2) is 13.1 Å². The van der Waals surface area contributed by atoms with Crippen LogP contribution in [0.2, 0.25) is 0 Å². The second-order valence-electron chi connectivity index (χ2n) is 4.90. The highest BCUT2D eigenvalue weighted by molar-refractivity contribution is 7.89. The van der Waals surface area contributed by atoms with E-state index < -0.39 is 15.9 Å². The molecule has 22 heavy (non-hydrogen) atoms. The van der Waals surface area contributed by atoms with Crippen LogP contribution in [0.1, 0.15) is 23.2 Å². The zero-order valence-corrected chi connectivity index (χ0v) is 12.9. The maximum Gasteiger partial charge on any atom is 0.252 e. The lowest BCUT2D eigenvalue weighted by Crippen LogP contribution is -2.32. The van der Waals surface area contributed by atoms with Gasteiger partial charge in [0.05, 0.1) is 17.5 Å². The van der Waals surface area contributed by atoms with Crippen molar-refractivity contribution in [1.29, 1.82) is 0 Å². The van der Waals surface area contributed by atoms with Gasteiger partial charge in [0.25, 0.3) is 5.91 Å². The molecule has 118 valence electrons. The lowest BCUT2D eigenvalue weighted by Gasteiger charge is -2.12. The zero-order valence-electron chi connectivity index (χ0n) is 12.0. The fourth-order valence-corrected chi connectivity index (χ4v) is 3.24. The van der Waals surface area contributed by atoms with Crippen LogP contribution in [0.25, 0.3) is 0 Å². The highest BCUT2D eigenvalue weighted by Crippen LogP contribution is 2.14. The molecule has 7 heteroatoms. The third-order valence-corrected chi connectivity index (χ3v) is 4.70. The van der Waals surface area contributed by atoms with Crippen LogP contribution in [0.5, 0.6) is 0 Å². The van der Waals surface area contributed by atoms with E-state index in [2.05, 4.69) is 16.0 Å². The number of carbonyl (C=O) groups is 1. The van der Waals surface area contributed by atoms with E-state index in [4.69, 9.17) is 11.2 Å². The van der Waals surface area contributed by atoms with Gasteiger partial charge in [0.2, 0.25) is 10.0 Å². The third-order valence-electron chi connectivity index (χ3n) is 3.28. The Balaban J connectivity index is 2.06. The standard InChI is InChI=1S/C15H18N2O4S/c1-2-8-16-15(18)12-5-3-7-14(10-12)22(19,20)17-11-13-6-4-9-21-13/h1,3,5,7,10,13,17H,4,6,8-9,11H2,(H,16,18)/t13-/m1/s1. The molecule has 0 unspecified atom stereocenters. The molecule has 1 fully saturated rings. The molecule has 0 aromatic heterocycles. The number of hydrogen-bond donors (Lipinski definition) is 2. The van der Waals surface area contributed by atoms with Crippen LogP contribution in [0, 0.1) is 12.3 Å². The number of sulfonamides is 1. The van der Waals surface area contributed by atoms with Crippen molar-refractivity contribution in [2.45, 2.75) is 23.8 Å². The summed E-state index contributed by atoms with van der Waals surface area (Å²) in [6.07, 6.45) is 6.77. The van der Waals surface area contributed by atoms with Gasteiger partial charge in [0.1, 0.15) is 0 Å².